The Labute approximate surface area is 156 Å². The van der Waals surface area contributed by atoms with Crippen molar-refractivity contribution in [3.63, 3.8) is 0 Å². The van der Waals surface area contributed by atoms with E-state index in [4.69, 9.17) is 4.74 Å². The molecule has 7 heteroatoms. The van der Waals surface area contributed by atoms with Gasteiger partial charge in [-0.15, -0.1) is 0 Å². The van der Waals surface area contributed by atoms with Gasteiger partial charge in [0.1, 0.15) is 17.2 Å². The third-order valence-electron chi connectivity index (χ3n) is 3.87. The standard InChI is InChI=1S/C20H20N4O3/c1-3-27-17-6-4-5-15(11-17)18-12-19(23-22-18)20(26)24-21-13(2)14-7-9-16(25)10-8-14/h4-12,25H,3H2,1-2H3,(H,22,23)(H,24,26)/b21-13-. The molecule has 0 spiro atoms. The van der Waals surface area contributed by atoms with Gasteiger partial charge < -0.3 is 9.84 Å². The molecule has 0 unspecified atom stereocenters. The summed E-state index contributed by atoms with van der Waals surface area (Å²) in [5.74, 6) is 0.528. The van der Waals surface area contributed by atoms with Gasteiger partial charge >= 0.3 is 0 Å². The summed E-state index contributed by atoms with van der Waals surface area (Å²) in [6, 6.07) is 15.7. The van der Waals surface area contributed by atoms with Crippen molar-refractivity contribution in [3.8, 4) is 22.8 Å². The number of nitrogens with zero attached hydrogens (tertiary/aromatic N) is 2. The summed E-state index contributed by atoms with van der Waals surface area (Å²) in [7, 11) is 0. The molecule has 3 rings (SSSR count). The minimum absolute atomic E-state index is 0.175. The first-order valence-electron chi connectivity index (χ1n) is 8.49. The number of rotatable bonds is 6. The van der Waals surface area contributed by atoms with Crippen LogP contribution in [0.5, 0.6) is 11.5 Å². The normalized spacial score (nSPS) is 11.3. The molecule has 0 fully saturated rings. The van der Waals surface area contributed by atoms with Gasteiger partial charge in [-0.3, -0.25) is 9.89 Å². The van der Waals surface area contributed by atoms with Gasteiger partial charge in [-0.05, 0) is 61.9 Å². The van der Waals surface area contributed by atoms with Gasteiger partial charge in [0.15, 0.2) is 0 Å². The number of ether oxygens (including phenoxy) is 1. The molecule has 27 heavy (non-hydrogen) atoms. The zero-order valence-corrected chi connectivity index (χ0v) is 15.1. The van der Waals surface area contributed by atoms with E-state index in [-0.39, 0.29) is 5.75 Å². The highest BCUT2D eigenvalue weighted by Crippen LogP contribution is 2.22. The summed E-state index contributed by atoms with van der Waals surface area (Å²) in [5, 5.41) is 20.3. The van der Waals surface area contributed by atoms with E-state index in [9.17, 15) is 9.90 Å². The molecule has 0 aliphatic heterocycles. The summed E-state index contributed by atoms with van der Waals surface area (Å²) in [6.45, 7) is 4.27. The molecule has 1 aromatic heterocycles. The number of carbonyl (C=O) groups excluding carboxylic acids is 1. The number of phenols is 1. The molecule has 3 aromatic rings. The molecular formula is C20H20N4O3. The van der Waals surface area contributed by atoms with Crippen LogP contribution in [0.2, 0.25) is 0 Å². The number of carbonyl (C=O) groups is 1. The van der Waals surface area contributed by atoms with E-state index in [0.29, 0.717) is 23.7 Å². The van der Waals surface area contributed by atoms with Crippen molar-refractivity contribution in [2.45, 2.75) is 13.8 Å². The summed E-state index contributed by atoms with van der Waals surface area (Å²) >= 11 is 0. The Bertz CT molecular complexity index is 961. The lowest BCUT2D eigenvalue weighted by Gasteiger charge is -2.03. The molecule has 1 heterocycles. The van der Waals surface area contributed by atoms with Crippen LogP contribution in [-0.4, -0.2) is 33.5 Å². The molecule has 0 radical (unpaired) electrons. The number of aromatic hydroxyl groups is 1. The summed E-state index contributed by atoms with van der Waals surface area (Å²) in [5.41, 5.74) is 5.70. The lowest BCUT2D eigenvalue weighted by atomic mass is 10.1. The maximum atomic E-state index is 12.3. The van der Waals surface area contributed by atoms with Crippen LogP contribution in [0.1, 0.15) is 29.9 Å². The van der Waals surface area contributed by atoms with Gasteiger partial charge in [0, 0.05) is 5.56 Å². The van der Waals surface area contributed by atoms with Crippen LogP contribution in [0.25, 0.3) is 11.3 Å². The third kappa shape index (κ3) is 4.52. The topological polar surface area (TPSA) is 99.6 Å². The summed E-state index contributed by atoms with van der Waals surface area (Å²) in [4.78, 5) is 12.3. The Morgan fingerprint density at radius 3 is 2.74 bits per heavy atom. The molecular weight excluding hydrogens is 344 g/mol. The Kier molecular flexibility index (Phi) is 5.51. The fourth-order valence-electron chi connectivity index (χ4n) is 2.46. The van der Waals surface area contributed by atoms with Crippen molar-refractivity contribution in [1.29, 1.82) is 0 Å². The molecule has 3 N–H and O–H groups in total. The van der Waals surface area contributed by atoms with Crippen LogP contribution < -0.4 is 10.2 Å². The largest absolute Gasteiger partial charge is 0.508 e. The number of hydrazone groups is 1. The maximum absolute atomic E-state index is 12.3. The van der Waals surface area contributed by atoms with E-state index in [1.165, 1.54) is 0 Å². The highest BCUT2D eigenvalue weighted by Gasteiger charge is 2.11. The number of phenolic OH excluding ortho intramolecular Hbond substituents is 1. The zero-order valence-electron chi connectivity index (χ0n) is 15.1. The van der Waals surface area contributed by atoms with Crippen molar-refractivity contribution in [2.75, 3.05) is 6.61 Å². The number of hydrogen-bond donors (Lipinski definition) is 3. The molecule has 1 amide bonds. The molecule has 0 bridgehead atoms. The number of nitrogens with one attached hydrogen (secondary N) is 2. The molecule has 0 atom stereocenters. The number of hydrogen-bond acceptors (Lipinski definition) is 5. The number of aromatic nitrogens is 2. The molecule has 138 valence electrons. The number of benzene rings is 2. The van der Waals surface area contributed by atoms with E-state index in [1.54, 1.807) is 37.3 Å². The highest BCUT2D eigenvalue weighted by atomic mass is 16.5. The first-order chi connectivity index (χ1) is 13.1. The van der Waals surface area contributed by atoms with E-state index in [0.717, 1.165) is 16.9 Å². The predicted octanol–water partition coefficient (Wildman–Crippen LogP) is 3.34. The monoisotopic (exact) mass is 364 g/mol. The second-order valence-electron chi connectivity index (χ2n) is 5.81. The molecule has 0 aliphatic rings. The number of amides is 1. The molecule has 2 aromatic carbocycles. The van der Waals surface area contributed by atoms with Gasteiger partial charge in [-0.2, -0.15) is 10.2 Å². The van der Waals surface area contributed by atoms with Gasteiger partial charge in [0.2, 0.25) is 0 Å². The van der Waals surface area contributed by atoms with Crippen molar-refractivity contribution in [1.82, 2.24) is 15.6 Å². The minimum atomic E-state index is -0.396. The Hall–Kier alpha value is -3.61. The number of aromatic amines is 1. The highest BCUT2D eigenvalue weighted by molar-refractivity contribution is 6.00. The second-order valence-corrected chi connectivity index (χ2v) is 5.81. The Balaban J connectivity index is 1.70. The van der Waals surface area contributed by atoms with Gasteiger partial charge in [0.05, 0.1) is 18.0 Å². The van der Waals surface area contributed by atoms with Crippen LogP contribution >= 0.6 is 0 Å². The van der Waals surface area contributed by atoms with Crippen molar-refractivity contribution >= 4 is 11.6 Å². The van der Waals surface area contributed by atoms with E-state index >= 15 is 0 Å². The average Bonchev–Trinajstić information content (AvgIpc) is 3.17. The van der Waals surface area contributed by atoms with Crippen molar-refractivity contribution in [3.05, 3.63) is 65.9 Å². The van der Waals surface area contributed by atoms with E-state index < -0.39 is 5.91 Å². The van der Waals surface area contributed by atoms with Crippen LogP contribution in [-0.2, 0) is 0 Å². The van der Waals surface area contributed by atoms with Crippen LogP contribution in [0.15, 0.2) is 59.7 Å². The smallest absolute Gasteiger partial charge is 0.289 e. The first-order valence-corrected chi connectivity index (χ1v) is 8.49. The lowest BCUT2D eigenvalue weighted by Crippen LogP contribution is -2.19. The molecule has 0 saturated carbocycles. The molecule has 0 saturated heterocycles. The van der Waals surface area contributed by atoms with Crippen molar-refractivity contribution < 1.29 is 14.6 Å². The summed E-state index contributed by atoms with van der Waals surface area (Å²) < 4.78 is 5.49. The van der Waals surface area contributed by atoms with Gasteiger partial charge in [0.25, 0.3) is 5.91 Å². The minimum Gasteiger partial charge on any atom is -0.508 e. The first kappa shape index (κ1) is 18.2. The molecule has 7 nitrogen and oxygen atoms in total. The van der Waals surface area contributed by atoms with E-state index in [2.05, 4.69) is 20.7 Å². The molecule has 0 aliphatic carbocycles. The maximum Gasteiger partial charge on any atom is 0.289 e. The van der Waals surface area contributed by atoms with Crippen LogP contribution in [0, 0.1) is 0 Å². The quantitative estimate of drug-likeness (QED) is 0.461. The zero-order chi connectivity index (χ0) is 19.2. The predicted molar refractivity (Wildman–Crippen MR) is 103 cm³/mol. The van der Waals surface area contributed by atoms with Crippen LogP contribution in [0.4, 0.5) is 0 Å². The fraction of sp³-hybridized carbons (Fsp3) is 0.150. The fourth-order valence-corrected chi connectivity index (χ4v) is 2.46. The van der Waals surface area contributed by atoms with Gasteiger partial charge in [-0.1, -0.05) is 12.1 Å². The van der Waals surface area contributed by atoms with Crippen molar-refractivity contribution in [2.24, 2.45) is 5.10 Å². The lowest BCUT2D eigenvalue weighted by molar-refractivity contribution is 0.0950. The number of H-pyrrole nitrogens is 1. The summed E-state index contributed by atoms with van der Waals surface area (Å²) in [6.07, 6.45) is 0. The van der Waals surface area contributed by atoms with E-state index in [1.807, 2.05) is 31.2 Å². The Morgan fingerprint density at radius 1 is 1.22 bits per heavy atom. The third-order valence-corrected chi connectivity index (χ3v) is 3.87. The Morgan fingerprint density at radius 2 is 2.00 bits per heavy atom. The van der Waals surface area contributed by atoms with Gasteiger partial charge in [-0.25, -0.2) is 5.43 Å². The average molecular weight is 364 g/mol. The van der Waals surface area contributed by atoms with Crippen LogP contribution in [0.3, 0.4) is 0 Å². The second kappa shape index (κ2) is 8.18. The SMILES string of the molecule is CCOc1cccc(-c2cc(C(=O)N/N=C(/C)c3ccc(O)cc3)[nH]n2)c1.